The third-order valence-electron chi connectivity index (χ3n) is 3.21. The fourth-order valence-electron chi connectivity index (χ4n) is 1.94. The van der Waals surface area contributed by atoms with E-state index in [0.29, 0.717) is 11.4 Å². The standard InChI is InChI=1S/C9H12N2O3S.C8H8ClNO3S.2C2H6.CH4/c1-7(12)11-8-3-5-9(6-4-8)15(13,14)10-2;1-6(11)10-7-2-4-8(5-3-7)14(9,12)13;2*1-2;/h3-6,10H,1-2H3,(H,11,12);2-5H,1H3,(H,10,11);2*1-2H3;1H4. The Morgan fingerprint density at radius 3 is 1.21 bits per heavy atom. The number of sulfonamides is 1. The number of hydrogen-bond donors (Lipinski definition) is 3. The normalized spacial score (nSPS) is 9.76. The van der Waals surface area contributed by atoms with Crippen LogP contribution < -0.4 is 15.4 Å². The molecule has 2 aromatic rings. The number of hydrogen-bond acceptors (Lipinski definition) is 6. The first-order valence-corrected chi connectivity index (χ1v) is 13.8. The van der Waals surface area contributed by atoms with Gasteiger partial charge in [-0.3, -0.25) is 9.59 Å². The lowest BCUT2D eigenvalue weighted by molar-refractivity contribution is -0.115. The number of halogens is 1. The topological polar surface area (TPSA) is 139 Å². The molecule has 0 saturated heterocycles. The van der Waals surface area contributed by atoms with E-state index in [1.54, 1.807) is 0 Å². The molecule has 0 unspecified atom stereocenters. The van der Waals surface area contributed by atoms with Gasteiger partial charge in [0.15, 0.2) is 0 Å². The van der Waals surface area contributed by atoms with Gasteiger partial charge < -0.3 is 10.6 Å². The summed E-state index contributed by atoms with van der Waals surface area (Å²) >= 11 is 0. The minimum Gasteiger partial charge on any atom is -0.326 e. The Kier molecular flexibility index (Phi) is 19.0. The van der Waals surface area contributed by atoms with Crippen LogP contribution in [0.15, 0.2) is 58.3 Å². The van der Waals surface area contributed by atoms with E-state index in [-0.39, 0.29) is 29.0 Å². The van der Waals surface area contributed by atoms with Crippen molar-refractivity contribution in [2.45, 2.75) is 58.8 Å². The monoisotopic (exact) mass is 537 g/mol. The molecular weight excluding hydrogens is 502 g/mol. The van der Waals surface area contributed by atoms with Gasteiger partial charge in [-0.1, -0.05) is 35.1 Å². The number of anilines is 2. The molecule has 0 atom stereocenters. The molecule has 0 aliphatic rings. The Morgan fingerprint density at radius 2 is 0.971 bits per heavy atom. The lowest BCUT2D eigenvalue weighted by Gasteiger charge is -2.04. The molecule has 0 fully saturated rings. The van der Waals surface area contributed by atoms with Crippen LogP contribution in [0.2, 0.25) is 0 Å². The maximum absolute atomic E-state index is 11.3. The second-order valence-corrected chi connectivity index (χ2v) is 10.0. The van der Waals surface area contributed by atoms with Crippen LogP contribution in [0.25, 0.3) is 0 Å². The quantitative estimate of drug-likeness (QED) is 0.467. The van der Waals surface area contributed by atoms with Gasteiger partial charge in [-0.05, 0) is 55.6 Å². The maximum atomic E-state index is 11.3. The number of rotatable bonds is 5. The molecule has 12 heteroatoms. The van der Waals surface area contributed by atoms with Crippen molar-refractivity contribution in [1.82, 2.24) is 4.72 Å². The lowest BCUT2D eigenvalue weighted by atomic mass is 10.3. The third-order valence-corrected chi connectivity index (χ3v) is 6.01. The van der Waals surface area contributed by atoms with E-state index in [9.17, 15) is 26.4 Å². The second kappa shape index (κ2) is 17.9. The summed E-state index contributed by atoms with van der Waals surface area (Å²) in [4.78, 5) is 21.5. The first-order valence-electron chi connectivity index (χ1n) is 9.98. The van der Waals surface area contributed by atoms with Gasteiger partial charge in [0, 0.05) is 35.9 Å². The number of amides is 2. The van der Waals surface area contributed by atoms with E-state index >= 15 is 0 Å². The van der Waals surface area contributed by atoms with Crippen molar-refractivity contribution in [3.05, 3.63) is 48.5 Å². The van der Waals surface area contributed by atoms with Crippen LogP contribution in [0.3, 0.4) is 0 Å². The van der Waals surface area contributed by atoms with E-state index in [2.05, 4.69) is 15.4 Å². The van der Waals surface area contributed by atoms with Crippen molar-refractivity contribution < 1.29 is 26.4 Å². The van der Waals surface area contributed by atoms with Gasteiger partial charge in [0.2, 0.25) is 21.8 Å². The average Bonchev–Trinajstić information content (AvgIpc) is 2.76. The lowest BCUT2D eigenvalue weighted by Crippen LogP contribution is -2.18. The summed E-state index contributed by atoms with van der Waals surface area (Å²) in [5.41, 5.74) is 1.10. The van der Waals surface area contributed by atoms with Gasteiger partial charge in [0.05, 0.1) is 9.79 Å². The highest BCUT2D eigenvalue weighted by molar-refractivity contribution is 8.13. The predicted molar refractivity (Wildman–Crippen MR) is 140 cm³/mol. The first-order chi connectivity index (χ1) is 15.3. The summed E-state index contributed by atoms with van der Waals surface area (Å²) in [6.07, 6.45) is 0. The van der Waals surface area contributed by atoms with Crippen molar-refractivity contribution in [1.29, 1.82) is 0 Å². The predicted octanol–water partition coefficient (Wildman–Crippen LogP) is 4.81. The smallest absolute Gasteiger partial charge is 0.261 e. The highest BCUT2D eigenvalue weighted by atomic mass is 35.7. The number of nitrogens with one attached hydrogen (secondary N) is 3. The molecule has 0 aliphatic carbocycles. The average molecular weight is 538 g/mol. The van der Waals surface area contributed by atoms with Gasteiger partial charge >= 0.3 is 0 Å². The Balaban J connectivity index is -0.000000481. The van der Waals surface area contributed by atoms with Gasteiger partial charge in [-0.2, -0.15) is 0 Å². The first kappa shape index (κ1) is 36.1. The molecule has 3 N–H and O–H groups in total. The van der Waals surface area contributed by atoms with Crippen molar-refractivity contribution >= 4 is 52.9 Å². The highest BCUT2D eigenvalue weighted by Crippen LogP contribution is 2.17. The molecule has 0 aliphatic heterocycles. The van der Waals surface area contributed by atoms with Crippen LogP contribution in [-0.4, -0.2) is 35.7 Å². The van der Waals surface area contributed by atoms with E-state index in [0.717, 1.165) is 0 Å². The van der Waals surface area contributed by atoms with Crippen molar-refractivity contribution in [3.8, 4) is 0 Å². The molecule has 2 amide bonds. The largest absolute Gasteiger partial charge is 0.326 e. The van der Waals surface area contributed by atoms with Crippen molar-refractivity contribution in [3.63, 3.8) is 0 Å². The molecule has 0 aromatic heterocycles. The minimum absolute atomic E-state index is 0. The van der Waals surface area contributed by atoms with E-state index in [4.69, 9.17) is 10.7 Å². The van der Waals surface area contributed by atoms with Gasteiger partial charge in [-0.25, -0.2) is 21.6 Å². The Morgan fingerprint density at radius 1 is 0.676 bits per heavy atom. The Bertz CT molecular complexity index is 1070. The zero-order valence-electron chi connectivity index (χ0n) is 19.8. The SMILES string of the molecule is C.CC.CC.CC(=O)Nc1ccc(S(=O)(=O)Cl)cc1.CNS(=O)(=O)c1ccc(NC(C)=O)cc1. The summed E-state index contributed by atoms with van der Waals surface area (Å²) in [6.45, 7) is 10.8. The Hall–Kier alpha value is -2.47. The van der Waals surface area contributed by atoms with Crippen LogP contribution in [0.5, 0.6) is 0 Å². The molecular formula is C22H36ClN3O6S2. The summed E-state index contributed by atoms with van der Waals surface area (Å²) in [6, 6.07) is 11.5. The molecule has 0 radical (unpaired) electrons. The summed E-state index contributed by atoms with van der Waals surface area (Å²) in [7, 11) is -0.649. The van der Waals surface area contributed by atoms with Gasteiger partial charge in [0.1, 0.15) is 0 Å². The number of benzene rings is 2. The summed E-state index contributed by atoms with van der Waals surface area (Å²) < 4.78 is 46.6. The summed E-state index contributed by atoms with van der Waals surface area (Å²) in [5, 5.41) is 5.05. The van der Waals surface area contributed by atoms with Crippen LogP contribution in [0, 0.1) is 0 Å². The van der Waals surface area contributed by atoms with Crippen molar-refractivity contribution in [2.75, 3.05) is 17.7 Å². The molecule has 2 rings (SSSR count). The minimum atomic E-state index is -3.69. The van der Waals surface area contributed by atoms with Crippen LogP contribution >= 0.6 is 10.7 Å². The molecule has 34 heavy (non-hydrogen) atoms. The van der Waals surface area contributed by atoms with Crippen LogP contribution in [0.1, 0.15) is 49.0 Å². The van der Waals surface area contributed by atoms with Gasteiger partial charge in [0.25, 0.3) is 9.05 Å². The fraction of sp³-hybridized carbons (Fsp3) is 0.364. The molecule has 0 bridgehead atoms. The van der Waals surface area contributed by atoms with Gasteiger partial charge in [-0.15, -0.1) is 0 Å². The van der Waals surface area contributed by atoms with E-state index < -0.39 is 19.1 Å². The zero-order chi connectivity index (χ0) is 26.2. The van der Waals surface area contributed by atoms with Crippen molar-refractivity contribution in [2.24, 2.45) is 0 Å². The maximum Gasteiger partial charge on any atom is 0.261 e. The number of carbonyl (C=O) groups is 2. The van der Waals surface area contributed by atoms with E-state index in [1.807, 2.05) is 27.7 Å². The van der Waals surface area contributed by atoms with Crippen LogP contribution in [-0.2, 0) is 28.7 Å². The highest BCUT2D eigenvalue weighted by Gasteiger charge is 2.10. The molecule has 9 nitrogen and oxygen atoms in total. The zero-order valence-corrected chi connectivity index (χ0v) is 22.2. The van der Waals surface area contributed by atoms with E-state index in [1.165, 1.54) is 69.4 Å². The molecule has 0 spiro atoms. The fourth-order valence-corrected chi connectivity index (χ4v) is 3.44. The van der Waals surface area contributed by atoms with Crippen LogP contribution in [0.4, 0.5) is 11.4 Å². The summed E-state index contributed by atoms with van der Waals surface area (Å²) in [5.74, 6) is -0.411. The molecule has 0 heterocycles. The third kappa shape index (κ3) is 14.6. The Labute approximate surface area is 208 Å². The molecule has 0 saturated carbocycles. The number of carbonyl (C=O) groups excluding carboxylic acids is 2. The molecule has 2 aromatic carbocycles. The molecule has 194 valence electrons. The second-order valence-electron chi connectivity index (χ2n) is 5.56.